The van der Waals surface area contributed by atoms with Gasteiger partial charge >= 0.3 is 0 Å². The number of piperidine rings is 2. The Hall–Kier alpha value is -0.0800. The lowest BCUT2D eigenvalue weighted by Gasteiger charge is -2.42. The normalized spacial score (nSPS) is 25.3. The summed E-state index contributed by atoms with van der Waals surface area (Å²) in [5.41, 5.74) is 6.29. The molecule has 0 radical (unpaired) electrons. The van der Waals surface area contributed by atoms with Gasteiger partial charge in [0.1, 0.15) is 0 Å². The summed E-state index contributed by atoms with van der Waals surface area (Å²) in [5.74, 6) is 1.45. The highest BCUT2D eigenvalue weighted by Gasteiger charge is 2.30. The maximum Gasteiger partial charge on any atom is 0.191 e. The monoisotopic (exact) mass is 438 g/mol. The molecule has 0 amide bonds. The molecule has 2 saturated heterocycles. The average Bonchev–Trinajstić information content (AvgIpc) is 2.52. The second kappa shape index (κ2) is 9.42. The molecule has 2 fully saturated rings. The molecule has 1 atom stereocenters. The van der Waals surface area contributed by atoms with Gasteiger partial charge in [-0.1, -0.05) is 6.92 Å². The zero-order valence-electron chi connectivity index (χ0n) is 15.3. The summed E-state index contributed by atoms with van der Waals surface area (Å²) in [4.78, 5) is 9.49. The van der Waals surface area contributed by atoms with Crippen LogP contribution in [0.25, 0.3) is 0 Å². The molecule has 23 heavy (non-hydrogen) atoms. The Morgan fingerprint density at radius 1 is 1.22 bits per heavy atom. The number of nitrogens with two attached hydrogens (primary N) is 1. The molecule has 2 rings (SSSR count). The lowest BCUT2D eigenvalue weighted by Crippen LogP contribution is -2.52. The number of guanidine groups is 1. The van der Waals surface area contributed by atoms with Crippen LogP contribution >= 0.6 is 24.0 Å². The van der Waals surface area contributed by atoms with Crippen LogP contribution in [0.5, 0.6) is 0 Å². The molecule has 6 heteroatoms. The van der Waals surface area contributed by atoms with Gasteiger partial charge in [-0.25, -0.2) is 0 Å². The number of likely N-dealkylation sites (tertiary alicyclic amines) is 2. The van der Waals surface area contributed by atoms with Gasteiger partial charge in [0.2, 0.25) is 0 Å². The Bertz CT molecular complexity index is 381. The van der Waals surface area contributed by atoms with Gasteiger partial charge in [-0.2, -0.15) is 0 Å². The maximum absolute atomic E-state index is 6.23. The predicted molar refractivity (Wildman–Crippen MR) is 108 cm³/mol. The van der Waals surface area contributed by atoms with Gasteiger partial charge in [0.25, 0.3) is 0 Å². The molecule has 2 aliphatic rings. The minimum absolute atomic E-state index is 0. The standard InChI is InChI=1S/C17H34N4O.HI/c1-14-6-5-9-20(12-14)16(18)19-13-17(2,3)21-10-7-15(22-4)8-11-21;/h14-15H,5-13H2,1-4H3,(H2,18,19);1H. The highest BCUT2D eigenvalue weighted by atomic mass is 127. The molecule has 0 aromatic heterocycles. The largest absolute Gasteiger partial charge is 0.381 e. The van der Waals surface area contributed by atoms with Crippen molar-refractivity contribution in [2.75, 3.05) is 39.8 Å². The first-order valence-corrected chi connectivity index (χ1v) is 8.75. The molecule has 2 aliphatic heterocycles. The highest BCUT2D eigenvalue weighted by molar-refractivity contribution is 14.0. The highest BCUT2D eigenvalue weighted by Crippen LogP contribution is 2.22. The fourth-order valence-electron chi connectivity index (χ4n) is 3.57. The van der Waals surface area contributed by atoms with Gasteiger partial charge in [-0.05, 0) is 45.4 Å². The van der Waals surface area contributed by atoms with E-state index in [1.165, 1.54) is 12.8 Å². The van der Waals surface area contributed by atoms with E-state index in [2.05, 4.69) is 30.6 Å². The Labute approximate surface area is 159 Å². The number of hydrogen-bond acceptors (Lipinski definition) is 3. The van der Waals surface area contributed by atoms with Crippen LogP contribution in [0.2, 0.25) is 0 Å². The molecule has 136 valence electrons. The van der Waals surface area contributed by atoms with Crippen molar-refractivity contribution >= 4 is 29.9 Å². The number of hydrogen-bond donors (Lipinski definition) is 1. The van der Waals surface area contributed by atoms with Gasteiger partial charge in [0, 0.05) is 38.8 Å². The topological polar surface area (TPSA) is 54.1 Å². The van der Waals surface area contributed by atoms with Crippen LogP contribution in [0, 0.1) is 5.92 Å². The third-order valence-corrected chi connectivity index (χ3v) is 5.24. The second-order valence-corrected chi connectivity index (χ2v) is 7.60. The van der Waals surface area contributed by atoms with Crippen molar-refractivity contribution in [3.63, 3.8) is 0 Å². The number of halogens is 1. The van der Waals surface area contributed by atoms with E-state index in [0.717, 1.165) is 57.4 Å². The lowest BCUT2D eigenvalue weighted by molar-refractivity contribution is 0.00904. The van der Waals surface area contributed by atoms with Gasteiger partial charge < -0.3 is 15.4 Å². The van der Waals surface area contributed by atoms with Crippen molar-refractivity contribution in [3.8, 4) is 0 Å². The van der Waals surface area contributed by atoms with Crippen molar-refractivity contribution in [2.24, 2.45) is 16.6 Å². The van der Waals surface area contributed by atoms with Crippen molar-refractivity contribution in [1.82, 2.24) is 9.80 Å². The van der Waals surface area contributed by atoms with Crippen molar-refractivity contribution < 1.29 is 4.74 Å². The van der Waals surface area contributed by atoms with E-state index in [9.17, 15) is 0 Å². The number of aliphatic imine (C=N–C) groups is 1. The van der Waals surface area contributed by atoms with E-state index < -0.39 is 0 Å². The molecular formula is C17H35IN4O. The molecule has 5 nitrogen and oxygen atoms in total. The summed E-state index contributed by atoms with van der Waals surface area (Å²) in [6.07, 6.45) is 5.19. The van der Waals surface area contributed by atoms with E-state index in [4.69, 9.17) is 15.5 Å². The molecule has 0 saturated carbocycles. The molecule has 0 aliphatic carbocycles. The Morgan fingerprint density at radius 2 is 1.87 bits per heavy atom. The van der Waals surface area contributed by atoms with Crippen LogP contribution in [0.15, 0.2) is 4.99 Å². The Kier molecular flexibility index (Phi) is 8.58. The molecule has 1 unspecified atom stereocenters. The third kappa shape index (κ3) is 6.05. The van der Waals surface area contributed by atoms with Crippen LogP contribution in [0.1, 0.15) is 46.5 Å². The Balaban J connectivity index is 0.00000264. The van der Waals surface area contributed by atoms with Gasteiger partial charge in [-0.3, -0.25) is 9.89 Å². The van der Waals surface area contributed by atoms with Crippen LogP contribution in [-0.4, -0.2) is 67.2 Å². The quantitative estimate of drug-likeness (QED) is 0.417. The van der Waals surface area contributed by atoms with Crippen LogP contribution < -0.4 is 5.73 Å². The molecule has 0 bridgehead atoms. The predicted octanol–water partition coefficient (Wildman–Crippen LogP) is 2.54. The SMILES string of the molecule is COC1CCN(C(C)(C)CN=C(N)N2CCCC(C)C2)CC1.I. The summed E-state index contributed by atoms with van der Waals surface area (Å²) in [6.45, 7) is 11.9. The lowest BCUT2D eigenvalue weighted by atomic mass is 9.97. The minimum atomic E-state index is 0. The van der Waals surface area contributed by atoms with E-state index in [1.54, 1.807) is 0 Å². The number of ether oxygens (including phenoxy) is 1. The smallest absolute Gasteiger partial charge is 0.191 e. The zero-order valence-corrected chi connectivity index (χ0v) is 17.6. The van der Waals surface area contributed by atoms with Gasteiger partial charge in [-0.15, -0.1) is 24.0 Å². The number of rotatable bonds is 4. The summed E-state index contributed by atoms with van der Waals surface area (Å²) in [6, 6.07) is 0. The number of methoxy groups -OCH3 is 1. The summed E-state index contributed by atoms with van der Waals surface area (Å²) < 4.78 is 5.46. The molecule has 2 heterocycles. The average molecular weight is 438 g/mol. The van der Waals surface area contributed by atoms with Crippen LogP contribution in [-0.2, 0) is 4.74 Å². The van der Waals surface area contributed by atoms with E-state index in [-0.39, 0.29) is 29.5 Å². The van der Waals surface area contributed by atoms with E-state index in [1.807, 2.05) is 7.11 Å². The number of nitrogens with zero attached hydrogens (tertiary/aromatic N) is 3. The molecule has 0 aromatic rings. The van der Waals surface area contributed by atoms with Crippen LogP contribution in [0.4, 0.5) is 0 Å². The fourth-order valence-corrected chi connectivity index (χ4v) is 3.57. The fraction of sp³-hybridized carbons (Fsp3) is 0.941. The van der Waals surface area contributed by atoms with Crippen molar-refractivity contribution in [1.29, 1.82) is 0 Å². The third-order valence-electron chi connectivity index (χ3n) is 5.24. The van der Waals surface area contributed by atoms with Crippen molar-refractivity contribution in [3.05, 3.63) is 0 Å². The zero-order chi connectivity index (χ0) is 16.2. The second-order valence-electron chi connectivity index (χ2n) is 7.60. The molecule has 0 spiro atoms. The minimum Gasteiger partial charge on any atom is -0.381 e. The van der Waals surface area contributed by atoms with E-state index in [0.29, 0.717) is 6.10 Å². The van der Waals surface area contributed by atoms with Crippen molar-refractivity contribution in [2.45, 2.75) is 58.1 Å². The summed E-state index contributed by atoms with van der Waals surface area (Å²) >= 11 is 0. The Morgan fingerprint density at radius 3 is 2.43 bits per heavy atom. The summed E-state index contributed by atoms with van der Waals surface area (Å²) in [5, 5.41) is 0. The van der Waals surface area contributed by atoms with Gasteiger partial charge in [0.15, 0.2) is 5.96 Å². The first kappa shape index (κ1) is 21.0. The maximum atomic E-state index is 6.23. The molecule has 0 aromatic carbocycles. The molecular weight excluding hydrogens is 403 g/mol. The van der Waals surface area contributed by atoms with E-state index >= 15 is 0 Å². The first-order chi connectivity index (χ1) is 10.4. The van der Waals surface area contributed by atoms with Crippen LogP contribution in [0.3, 0.4) is 0 Å². The van der Waals surface area contributed by atoms with Gasteiger partial charge in [0.05, 0.1) is 12.6 Å². The summed E-state index contributed by atoms with van der Waals surface area (Å²) in [7, 11) is 1.82. The molecule has 2 N–H and O–H groups in total. The first-order valence-electron chi connectivity index (χ1n) is 8.75.